The fraction of sp³-hybridized carbons (Fsp3) is 0.824. The van der Waals surface area contributed by atoms with E-state index in [1.54, 1.807) is 0 Å². The van der Waals surface area contributed by atoms with Crippen molar-refractivity contribution in [3.8, 4) is 0 Å². The van der Waals surface area contributed by atoms with Gasteiger partial charge in [-0.3, -0.25) is 9.89 Å². The van der Waals surface area contributed by atoms with Gasteiger partial charge in [-0.1, -0.05) is 44.8 Å². The molecule has 1 heterocycles. The number of hydrogen-bond donors (Lipinski definition) is 1. The lowest BCUT2D eigenvalue weighted by molar-refractivity contribution is 0.182. The molecule has 2 atom stereocenters. The number of rotatable bonds is 11. The monoisotopic (exact) mass is 279 g/mol. The Hall–Kier alpha value is -0.670. The van der Waals surface area contributed by atoms with E-state index in [0.717, 1.165) is 13.0 Å². The maximum atomic E-state index is 5.95. The Balaban J connectivity index is 1.94. The maximum absolute atomic E-state index is 5.95. The largest absolute Gasteiger partial charge is 0.316 e. The van der Waals surface area contributed by atoms with Crippen molar-refractivity contribution in [1.29, 1.82) is 0 Å². The molecule has 0 spiro atoms. The van der Waals surface area contributed by atoms with Crippen LogP contribution in [0.15, 0.2) is 17.1 Å². The molecule has 0 radical (unpaired) electrons. The molecule has 3 heteroatoms. The van der Waals surface area contributed by atoms with Crippen molar-refractivity contribution in [1.82, 2.24) is 4.90 Å². The van der Waals surface area contributed by atoms with E-state index >= 15 is 0 Å². The summed E-state index contributed by atoms with van der Waals surface area (Å²) < 4.78 is 0. The number of aliphatic imine (C=N–C) groups is 1. The predicted octanol–water partition coefficient (Wildman–Crippen LogP) is 4.09. The van der Waals surface area contributed by atoms with Gasteiger partial charge in [0.05, 0.1) is 6.17 Å². The molecule has 0 fully saturated rings. The average molecular weight is 279 g/mol. The Kier molecular flexibility index (Phi) is 9.60. The maximum Gasteiger partial charge on any atom is 0.103 e. The first-order chi connectivity index (χ1) is 9.75. The highest BCUT2D eigenvalue weighted by atomic mass is 15.3. The molecule has 0 aromatic rings. The molecule has 0 aliphatic carbocycles. The second-order valence-electron chi connectivity index (χ2n) is 5.85. The van der Waals surface area contributed by atoms with Crippen LogP contribution in [0, 0.1) is 0 Å². The molecule has 1 rings (SSSR count). The molecule has 1 aliphatic rings. The minimum absolute atomic E-state index is 0.121. The van der Waals surface area contributed by atoms with E-state index in [1.165, 1.54) is 51.4 Å². The Morgan fingerprint density at radius 1 is 1.20 bits per heavy atom. The van der Waals surface area contributed by atoms with E-state index in [0.29, 0.717) is 6.17 Å². The molecule has 0 bridgehead atoms. The molecule has 1 aliphatic heterocycles. The molecule has 2 N–H and O–H groups in total. The fourth-order valence-corrected chi connectivity index (χ4v) is 2.65. The van der Waals surface area contributed by atoms with Gasteiger partial charge in [0.2, 0.25) is 0 Å². The minimum atomic E-state index is 0.121. The van der Waals surface area contributed by atoms with Gasteiger partial charge in [0.15, 0.2) is 0 Å². The quantitative estimate of drug-likeness (QED) is 0.457. The number of nitrogens with zero attached hydrogens (tertiary/aromatic N) is 2. The van der Waals surface area contributed by atoms with Crippen LogP contribution in [0.25, 0.3) is 0 Å². The summed E-state index contributed by atoms with van der Waals surface area (Å²) in [5, 5.41) is 0. The Bertz CT molecular complexity index is 284. The minimum Gasteiger partial charge on any atom is -0.316 e. The molecule has 3 nitrogen and oxygen atoms in total. The van der Waals surface area contributed by atoms with Gasteiger partial charge in [-0.25, -0.2) is 0 Å². The molecular formula is C17H33N3. The Labute approximate surface area is 125 Å². The van der Waals surface area contributed by atoms with Crippen LogP contribution in [0.5, 0.6) is 0 Å². The zero-order valence-corrected chi connectivity index (χ0v) is 13.4. The Morgan fingerprint density at radius 3 is 2.60 bits per heavy atom. The summed E-state index contributed by atoms with van der Waals surface area (Å²) >= 11 is 0. The molecule has 0 saturated heterocycles. The highest BCUT2D eigenvalue weighted by Crippen LogP contribution is 2.16. The van der Waals surface area contributed by atoms with Gasteiger partial charge in [0.1, 0.15) is 6.17 Å². The van der Waals surface area contributed by atoms with Crippen molar-refractivity contribution in [3.63, 3.8) is 0 Å². The topological polar surface area (TPSA) is 41.6 Å². The molecule has 0 aromatic heterocycles. The SMILES string of the molecule is CCCC/C=C/CCCCCCC1N=CCN1C(C)N. The van der Waals surface area contributed by atoms with Crippen LogP contribution in [0.3, 0.4) is 0 Å². The van der Waals surface area contributed by atoms with Crippen LogP contribution in [0.2, 0.25) is 0 Å². The summed E-state index contributed by atoms with van der Waals surface area (Å²) in [6.45, 7) is 5.21. The molecular weight excluding hydrogens is 246 g/mol. The molecule has 116 valence electrons. The second kappa shape index (κ2) is 11.0. The van der Waals surface area contributed by atoms with E-state index in [-0.39, 0.29) is 6.17 Å². The summed E-state index contributed by atoms with van der Waals surface area (Å²) in [5.41, 5.74) is 5.95. The number of hydrogen-bond acceptors (Lipinski definition) is 3. The fourth-order valence-electron chi connectivity index (χ4n) is 2.65. The third-order valence-corrected chi connectivity index (χ3v) is 3.95. The molecule has 0 aromatic carbocycles. The van der Waals surface area contributed by atoms with Gasteiger partial charge < -0.3 is 5.73 Å². The van der Waals surface area contributed by atoms with E-state index < -0.39 is 0 Å². The summed E-state index contributed by atoms with van der Waals surface area (Å²) in [6, 6.07) is 0. The first-order valence-electron chi connectivity index (χ1n) is 8.43. The number of nitrogens with two attached hydrogens (primary N) is 1. The van der Waals surface area contributed by atoms with E-state index in [4.69, 9.17) is 5.73 Å². The molecule has 2 unspecified atom stereocenters. The van der Waals surface area contributed by atoms with E-state index in [9.17, 15) is 0 Å². The van der Waals surface area contributed by atoms with Gasteiger partial charge in [0.25, 0.3) is 0 Å². The first-order valence-corrected chi connectivity index (χ1v) is 8.43. The van der Waals surface area contributed by atoms with Crippen LogP contribution in [-0.4, -0.2) is 30.0 Å². The second-order valence-corrected chi connectivity index (χ2v) is 5.85. The van der Waals surface area contributed by atoms with Crippen LogP contribution in [0.1, 0.15) is 71.6 Å². The smallest absolute Gasteiger partial charge is 0.103 e. The lowest BCUT2D eigenvalue weighted by atomic mass is 10.1. The summed E-state index contributed by atoms with van der Waals surface area (Å²) in [5.74, 6) is 0. The third-order valence-electron chi connectivity index (χ3n) is 3.95. The zero-order valence-electron chi connectivity index (χ0n) is 13.4. The molecule has 0 amide bonds. The van der Waals surface area contributed by atoms with Crippen molar-refractivity contribution in [3.05, 3.63) is 12.2 Å². The normalized spacial score (nSPS) is 21.1. The molecule has 0 saturated carbocycles. The summed E-state index contributed by atoms with van der Waals surface area (Å²) in [6.07, 6.45) is 18.7. The van der Waals surface area contributed by atoms with E-state index in [1.807, 2.05) is 13.1 Å². The van der Waals surface area contributed by atoms with Gasteiger partial charge in [-0.2, -0.15) is 0 Å². The van der Waals surface area contributed by atoms with E-state index in [2.05, 4.69) is 29.0 Å². The van der Waals surface area contributed by atoms with Crippen molar-refractivity contribution in [2.24, 2.45) is 10.7 Å². The summed E-state index contributed by atoms with van der Waals surface area (Å²) in [7, 11) is 0. The van der Waals surface area contributed by atoms with Crippen molar-refractivity contribution in [2.45, 2.75) is 84.0 Å². The lowest BCUT2D eigenvalue weighted by Crippen LogP contribution is -2.43. The average Bonchev–Trinajstić information content (AvgIpc) is 2.89. The summed E-state index contributed by atoms with van der Waals surface area (Å²) in [4.78, 5) is 6.80. The Morgan fingerprint density at radius 2 is 1.90 bits per heavy atom. The molecule has 20 heavy (non-hydrogen) atoms. The van der Waals surface area contributed by atoms with Crippen LogP contribution in [-0.2, 0) is 0 Å². The van der Waals surface area contributed by atoms with Crippen LogP contribution >= 0.6 is 0 Å². The predicted molar refractivity (Wildman–Crippen MR) is 89.0 cm³/mol. The first kappa shape index (κ1) is 17.4. The van der Waals surface area contributed by atoms with Gasteiger partial charge >= 0.3 is 0 Å². The van der Waals surface area contributed by atoms with Crippen molar-refractivity contribution < 1.29 is 0 Å². The number of allylic oxidation sites excluding steroid dienone is 2. The zero-order chi connectivity index (χ0) is 14.6. The van der Waals surface area contributed by atoms with Crippen molar-refractivity contribution in [2.75, 3.05) is 6.54 Å². The van der Waals surface area contributed by atoms with Gasteiger partial charge in [0, 0.05) is 12.8 Å². The van der Waals surface area contributed by atoms with Crippen LogP contribution in [0.4, 0.5) is 0 Å². The highest BCUT2D eigenvalue weighted by Gasteiger charge is 2.22. The van der Waals surface area contributed by atoms with Crippen LogP contribution < -0.4 is 5.73 Å². The van der Waals surface area contributed by atoms with Gasteiger partial charge in [-0.15, -0.1) is 0 Å². The lowest BCUT2D eigenvalue weighted by Gasteiger charge is -2.26. The number of unbranched alkanes of at least 4 members (excludes halogenated alkanes) is 6. The third kappa shape index (κ3) is 7.20. The highest BCUT2D eigenvalue weighted by molar-refractivity contribution is 5.62. The van der Waals surface area contributed by atoms with Crippen molar-refractivity contribution >= 4 is 6.21 Å². The standard InChI is InChI=1S/C17H33N3/c1-3-4-5-6-7-8-9-10-11-12-13-17-19-14-15-20(17)16(2)18/h6-7,14,16-17H,3-5,8-13,15,18H2,1-2H3/b7-6+. The van der Waals surface area contributed by atoms with Gasteiger partial charge in [-0.05, 0) is 39.0 Å².